The topological polar surface area (TPSA) is 94.2 Å². The molecular formula is C25H21FN2O6. The minimum Gasteiger partial charge on any atom is -0.497 e. The number of hydrogen-bond donors (Lipinski definition) is 1. The summed E-state index contributed by atoms with van der Waals surface area (Å²) in [5, 5.41) is 2.73. The second-order valence-corrected chi connectivity index (χ2v) is 7.39. The van der Waals surface area contributed by atoms with Gasteiger partial charge in [-0.25, -0.2) is 4.39 Å². The van der Waals surface area contributed by atoms with E-state index in [0.29, 0.717) is 28.6 Å². The zero-order chi connectivity index (χ0) is 24.1. The highest BCUT2D eigenvalue weighted by molar-refractivity contribution is 6.06. The van der Waals surface area contributed by atoms with Crippen LogP contribution in [0.4, 0.5) is 15.8 Å². The molecule has 1 aliphatic heterocycles. The van der Waals surface area contributed by atoms with Gasteiger partial charge in [0.05, 0.1) is 12.8 Å². The zero-order valence-electron chi connectivity index (χ0n) is 18.2. The number of ketones is 1. The Hall–Kier alpha value is -4.40. The van der Waals surface area contributed by atoms with Crippen LogP contribution in [-0.4, -0.2) is 44.5 Å². The summed E-state index contributed by atoms with van der Waals surface area (Å²) in [7, 11) is 1.54. The van der Waals surface area contributed by atoms with E-state index < -0.39 is 17.6 Å². The van der Waals surface area contributed by atoms with Gasteiger partial charge in [0.25, 0.3) is 5.91 Å². The lowest BCUT2D eigenvalue weighted by molar-refractivity contribution is -0.123. The van der Waals surface area contributed by atoms with Crippen molar-refractivity contribution in [3.8, 4) is 17.2 Å². The van der Waals surface area contributed by atoms with Gasteiger partial charge in [0.2, 0.25) is 5.91 Å². The van der Waals surface area contributed by atoms with E-state index in [1.165, 1.54) is 35.2 Å². The molecule has 8 nitrogen and oxygen atoms in total. The van der Waals surface area contributed by atoms with E-state index in [4.69, 9.17) is 14.2 Å². The molecule has 4 rings (SSSR count). The SMILES string of the molecule is COc1ccc(NC(=O)CN2C(=O)COc3ccc(C(=O)COc4ccc(F)cc4)cc32)cc1. The molecule has 34 heavy (non-hydrogen) atoms. The highest BCUT2D eigenvalue weighted by Gasteiger charge is 2.28. The van der Waals surface area contributed by atoms with E-state index >= 15 is 0 Å². The monoisotopic (exact) mass is 464 g/mol. The van der Waals surface area contributed by atoms with Crippen LogP contribution in [0, 0.1) is 5.82 Å². The number of ether oxygens (including phenoxy) is 3. The van der Waals surface area contributed by atoms with Crippen LogP contribution in [-0.2, 0) is 9.59 Å². The van der Waals surface area contributed by atoms with Crippen LogP contribution in [0.1, 0.15) is 10.4 Å². The minimum atomic E-state index is -0.414. The van der Waals surface area contributed by atoms with Crippen molar-refractivity contribution in [2.75, 3.05) is 37.1 Å². The standard InChI is InChI=1S/C25H21FN2O6/c1-32-19-9-5-18(6-10-19)27-24(30)13-28-21-12-16(2-11-23(21)34-15-25(28)31)22(29)14-33-20-7-3-17(26)4-8-20/h2-12H,13-15H2,1H3,(H,27,30). The molecule has 9 heteroatoms. The molecule has 0 saturated heterocycles. The molecule has 3 aromatic carbocycles. The highest BCUT2D eigenvalue weighted by Crippen LogP contribution is 2.33. The van der Waals surface area contributed by atoms with Crippen molar-refractivity contribution < 1.29 is 33.0 Å². The smallest absolute Gasteiger partial charge is 0.265 e. The predicted octanol–water partition coefficient (Wildman–Crippen LogP) is 3.46. The molecular weight excluding hydrogens is 443 g/mol. The van der Waals surface area contributed by atoms with Gasteiger partial charge >= 0.3 is 0 Å². The summed E-state index contributed by atoms with van der Waals surface area (Å²) in [6, 6.07) is 16.7. The van der Waals surface area contributed by atoms with Gasteiger partial charge in [-0.1, -0.05) is 0 Å². The Labute approximate surface area is 194 Å². The molecule has 1 aliphatic rings. The van der Waals surface area contributed by atoms with Crippen molar-refractivity contribution in [3.05, 3.63) is 78.1 Å². The fourth-order valence-corrected chi connectivity index (χ4v) is 3.33. The van der Waals surface area contributed by atoms with Crippen LogP contribution in [0.2, 0.25) is 0 Å². The van der Waals surface area contributed by atoms with E-state index in [1.54, 1.807) is 43.5 Å². The van der Waals surface area contributed by atoms with Crippen molar-refractivity contribution in [2.24, 2.45) is 0 Å². The van der Waals surface area contributed by atoms with Crippen molar-refractivity contribution in [1.29, 1.82) is 0 Å². The van der Waals surface area contributed by atoms with Gasteiger partial charge in [0.15, 0.2) is 19.0 Å². The number of carbonyl (C=O) groups excluding carboxylic acids is 3. The third-order valence-electron chi connectivity index (χ3n) is 5.08. The molecule has 0 aliphatic carbocycles. The first-order chi connectivity index (χ1) is 16.4. The molecule has 1 N–H and O–H groups in total. The van der Waals surface area contributed by atoms with Crippen LogP contribution in [0.25, 0.3) is 0 Å². The van der Waals surface area contributed by atoms with Crippen LogP contribution >= 0.6 is 0 Å². The molecule has 1 heterocycles. The molecule has 0 saturated carbocycles. The predicted molar refractivity (Wildman–Crippen MR) is 122 cm³/mol. The molecule has 2 amide bonds. The number of amides is 2. The van der Waals surface area contributed by atoms with Gasteiger partial charge in [-0.05, 0) is 66.7 Å². The van der Waals surface area contributed by atoms with Crippen LogP contribution in [0.3, 0.4) is 0 Å². The Balaban J connectivity index is 1.46. The number of benzene rings is 3. The maximum atomic E-state index is 13.0. The quantitative estimate of drug-likeness (QED) is 0.513. The van der Waals surface area contributed by atoms with Crippen LogP contribution in [0.5, 0.6) is 17.2 Å². The van der Waals surface area contributed by atoms with Crippen molar-refractivity contribution >= 4 is 29.0 Å². The first-order valence-corrected chi connectivity index (χ1v) is 10.4. The Morgan fingerprint density at radius 2 is 1.74 bits per heavy atom. The highest BCUT2D eigenvalue weighted by atomic mass is 19.1. The lowest BCUT2D eigenvalue weighted by Crippen LogP contribution is -2.43. The summed E-state index contributed by atoms with van der Waals surface area (Å²) in [6.07, 6.45) is 0. The summed E-state index contributed by atoms with van der Waals surface area (Å²) in [4.78, 5) is 39.0. The Bertz CT molecular complexity index is 1210. The van der Waals surface area contributed by atoms with Gasteiger partial charge in [-0.2, -0.15) is 0 Å². The fourth-order valence-electron chi connectivity index (χ4n) is 3.33. The molecule has 174 valence electrons. The van der Waals surface area contributed by atoms with Crippen molar-refractivity contribution in [2.45, 2.75) is 0 Å². The van der Waals surface area contributed by atoms with Gasteiger partial charge in [0, 0.05) is 11.3 Å². The Kier molecular flexibility index (Phi) is 6.72. The van der Waals surface area contributed by atoms with E-state index in [9.17, 15) is 18.8 Å². The number of nitrogens with zero attached hydrogens (tertiary/aromatic N) is 1. The Morgan fingerprint density at radius 1 is 1.03 bits per heavy atom. The minimum absolute atomic E-state index is 0.218. The molecule has 0 bridgehead atoms. The van der Waals surface area contributed by atoms with Crippen LogP contribution in [0.15, 0.2) is 66.7 Å². The number of anilines is 2. The summed E-state index contributed by atoms with van der Waals surface area (Å²) >= 11 is 0. The first kappa shape index (κ1) is 22.8. The zero-order valence-corrected chi connectivity index (χ0v) is 18.2. The van der Waals surface area contributed by atoms with Crippen LogP contribution < -0.4 is 24.4 Å². The average Bonchev–Trinajstić information content (AvgIpc) is 2.85. The molecule has 0 unspecified atom stereocenters. The number of hydrogen-bond acceptors (Lipinski definition) is 6. The maximum Gasteiger partial charge on any atom is 0.265 e. The summed E-state index contributed by atoms with van der Waals surface area (Å²) < 4.78 is 29.0. The Morgan fingerprint density at radius 3 is 2.44 bits per heavy atom. The maximum absolute atomic E-state index is 13.0. The van der Waals surface area contributed by atoms with E-state index in [0.717, 1.165) is 0 Å². The summed E-state index contributed by atoms with van der Waals surface area (Å²) in [5.74, 6) is -0.207. The molecule has 0 fully saturated rings. The van der Waals surface area contributed by atoms with E-state index in [1.807, 2.05) is 0 Å². The van der Waals surface area contributed by atoms with Crippen molar-refractivity contribution in [1.82, 2.24) is 0 Å². The lowest BCUT2D eigenvalue weighted by Gasteiger charge is -2.29. The lowest BCUT2D eigenvalue weighted by atomic mass is 10.1. The molecule has 0 radical (unpaired) electrons. The molecule has 0 spiro atoms. The number of methoxy groups -OCH3 is 1. The van der Waals surface area contributed by atoms with E-state index in [2.05, 4.69) is 5.32 Å². The third-order valence-corrected chi connectivity index (χ3v) is 5.08. The van der Waals surface area contributed by atoms with E-state index in [-0.39, 0.29) is 31.1 Å². The van der Waals surface area contributed by atoms with Gasteiger partial charge in [-0.3, -0.25) is 19.3 Å². The number of fused-ring (bicyclic) bond motifs is 1. The first-order valence-electron chi connectivity index (χ1n) is 10.4. The second kappa shape index (κ2) is 10.0. The number of Topliss-reactive ketones (excluding diaryl/α,β-unsaturated/α-hetero) is 1. The summed E-state index contributed by atoms with van der Waals surface area (Å²) in [5.41, 5.74) is 1.14. The number of nitrogens with one attached hydrogen (secondary N) is 1. The molecule has 3 aromatic rings. The number of rotatable bonds is 8. The largest absolute Gasteiger partial charge is 0.497 e. The average molecular weight is 464 g/mol. The molecule has 0 aromatic heterocycles. The number of carbonyl (C=O) groups is 3. The second-order valence-electron chi connectivity index (χ2n) is 7.39. The summed E-state index contributed by atoms with van der Waals surface area (Å²) in [6.45, 7) is -0.758. The molecule has 0 atom stereocenters. The van der Waals surface area contributed by atoms with Gasteiger partial charge in [-0.15, -0.1) is 0 Å². The number of halogens is 1. The third kappa shape index (κ3) is 5.32. The van der Waals surface area contributed by atoms with Crippen molar-refractivity contribution in [3.63, 3.8) is 0 Å². The van der Waals surface area contributed by atoms with Gasteiger partial charge < -0.3 is 19.5 Å². The van der Waals surface area contributed by atoms with Gasteiger partial charge in [0.1, 0.15) is 29.6 Å². The fraction of sp³-hybridized carbons (Fsp3) is 0.160. The normalized spacial score (nSPS) is 12.4.